The van der Waals surface area contributed by atoms with E-state index < -0.39 is 10.1 Å². The molecule has 0 radical (unpaired) electrons. The minimum atomic E-state index is -3.30. The van der Waals surface area contributed by atoms with Crippen molar-refractivity contribution in [1.82, 2.24) is 0 Å². The quantitative estimate of drug-likeness (QED) is 0.117. The van der Waals surface area contributed by atoms with Gasteiger partial charge in [0, 0.05) is 13.2 Å². The molecule has 0 saturated carbocycles. The van der Waals surface area contributed by atoms with Crippen LogP contribution in [0.2, 0.25) is 0 Å². The molecule has 0 bridgehead atoms. The van der Waals surface area contributed by atoms with Crippen LogP contribution in [0.25, 0.3) is 0 Å². The van der Waals surface area contributed by atoms with Crippen molar-refractivity contribution >= 4 is 10.1 Å². The topological polar surface area (TPSA) is 61.8 Å². The molecule has 32 heavy (non-hydrogen) atoms. The third kappa shape index (κ3) is 19.3. The Morgan fingerprint density at radius 2 is 1.28 bits per heavy atom. The van der Waals surface area contributed by atoms with Crippen LogP contribution in [0.3, 0.4) is 0 Å². The molecule has 0 aromatic rings. The van der Waals surface area contributed by atoms with Gasteiger partial charge in [-0.15, -0.1) is 0 Å². The maximum atomic E-state index is 10.9. The second-order valence-corrected chi connectivity index (χ2v) is 11.4. The van der Waals surface area contributed by atoms with Gasteiger partial charge in [-0.3, -0.25) is 4.18 Å². The van der Waals surface area contributed by atoms with Gasteiger partial charge < -0.3 is 9.47 Å². The summed E-state index contributed by atoms with van der Waals surface area (Å²) >= 11 is 0. The van der Waals surface area contributed by atoms with Crippen molar-refractivity contribution < 1.29 is 22.1 Å². The van der Waals surface area contributed by atoms with Gasteiger partial charge in [0.2, 0.25) is 0 Å². The van der Waals surface area contributed by atoms with Gasteiger partial charge in [0.25, 0.3) is 10.1 Å². The number of rotatable bonds is 23. The Bertz CT molecular complexity index is 508. The summed E-state index contributed by atoms with van der Waals surface area (Å²) in [4.78, 5) is 0. The molecule has 5 nitrogen and oxygen atoms in total. The van der Waals surface area contributed by atoms with Crippen LogP contribution in [-0.2, 0) is 23.8 Å². The zero-order chi connectivity index (χ0) is 23.3. The van der Waals surface area contributed by atoms with E-state index in [0.29, 0.717) is 6.61 Å². The minimum absolute atomic E-state index is 0.278. The molecule has 1 rings (SSSR count). The Hall–Kier alpha value is -0.170. The molecular weight excluding hydrogens is 424 g/mol. The molecule has 0 N–H and O–H groups in total. The molecule has 6 heteroatoms. The normalized spacial score (nSPS) is 19.1. The van der Waals surface area contributed by atoms with Crippen LogP contribution in [0.5, 0.6) is 0 Å². The van der Waals surface area contributed by atoms with E-state index in [2.05, 4.69) is 6.92 Å². The maximum Gasteiger partial charge on any atom is 0.264 e. The van der Waals surface area contributed by atoms with Gasteiger partial charge in [0.15, 0.2) is 0 Å². The van der Waals surface area contributed by atoms with Gasteiger partial charge in [-0.05, 0) is 31.6 Å². The first-order valence-electron chi connectivity index (χ1n) is 13.5. The highest BCUT2D eigenvalue weighted by atomic mass is 32.2. The summed E-state index contributed by atoms with van der Waals surface area (Å²) < 4.78 is 38.2. The average Bonchev–Trinajstić information content (AvgIpc) is 3.20. The third-order valence-electron chi connectivity index (χ3n) is 6.41. The van der Waals surface area contributed by atoms with Crippen molar-refractivity contribution in [3.8, 4) is 0 Å². The summed E-state index contributed by atoms with van der Waals surface area (Å²) in [6.45, 7) is 4.95. The molecular formula is C26H52O5S. The number of ether oxygens (including phenoxy) is 2. The number of hydrogen-bond donors (Lipinski definition) is 0. The molecule has 0 aliphatic carbocycles. The standard InChI is InChI=1S/C26H52O5S/c1-3-4-5-6-7-8-9-10-11-12-13-16-19-25-22-26(30-23-25)24-29-20-17-14-15-18-21-31-32(2,27)28/h25-26H,3-24H2,1-2H3. The molecule has 2 unspecified atom stereocenters. The molecule has 1 aliphatic heterocycles. The Labute approximate surface area is 199 Å². The molecule has 1 fully saturated rings. The lowest BCUT2D eigenvalue weighted by atomic mass is 9.97. The molecule has 2 atom stereocenters. The summed E-state index contributed by atoms with van der Waals surface area (Å²) in [5.74, 6) is 0.724. The Balaban J connectivity index is 1.80. The van der Waals surface area contributed by atoms with Gasteiger partial charge in [-0.25, -0.2) is 0 Å². The Morgan fingerprint density at radius 3 is 1.88 bits per heavy atom. The van der Waals surface area contributed by atoms with Crippen molar-refractivity contribution in [1.29, 1.82) is 0 Å². The third-order valence-corrected chi connectivity index (χ3v) is 7.01. The van der Waals surface area contributed by atoms with Crippen LogP contribution in [0.15, 0.2) is 0 Å². The van der Waals surface area contributed by atoms with Crippen molar-refractivity contribution in [2.24, 2.45) is 5.92 Å². The van der Waals surface area contributed by atoms with Gasteiger partial charge >= 0.3 is 0 Å². The fraction of sp³-hybridized carbons (Fsp3) is 1.00. The SMILES string of the molecule is CCCCCCCCCCCCCCC1COC(COCCCCCCOS(C)(=O)=O)C1. The van der Waals surface area contributed by atoms with Gasteiger partial charge in [-0.2, -0.15) is 8.42 Å². The van der Waals surface area contributed by atoms with Gasteiger partial charge in [0.05, 0.1) is 25.6 Å². The lowest BCUT2D eigenvalue weighted by Gasteiger charge is -2.10. The molecule has 192 valence electrons. The molecule has 1 aliphatic rings. The first-order valence-corrected chi connectivity index (χ1v) is 15.4. The van der Waals surface area contributed by atoms with E-state index in [-0.39, 0.29) is 12.7 Å². The van der Waals surface area contributed by atoms with E-state index in [4.69, 9.17) is 13.7 Å². The summed E-state index contributed by atoms with van der Waals surface area (Å²) in [5.41, 5.74) is 0. The highest BCUT2D eigenvalue weighted by molar-refractivity contribution is 7.85. The fourth-order valence-electron chi connectivity index (χ4n) is 4.46. The lowest BCUT2D eigenvalue weighted by molar-refractivity contribution is 0.0153. The van der Waals surface area contributed by atoms with Crippen molar-refractivity contribution in [2.45, 2.75) is 129 Å². The van der Waals surface area contributed by atoms with Gasteiger partial charge in [0.1, 0.15) is 0 Å². The molecule has 0 amide bonds. The predicted octanol–water partition coefficient (Wildman–Crippen LogP) is 7.04. The van der Waals surface area contributed by atoms with E-state index in [1.54, 1.807) is 0 Å². The van der Waals surface area contributed by atoms with Crippen LogP contribution < -0.4 is 0 Å². The maximum absolute atomic E-state index is 10.9. The molecule has 0 spiro atoms. The number of hydrogen-bond acceptors (Lipinski definition) is 5. The Morgan fingerprint density at radius 1 is 0.750 bits per heavy atom. The Kier molecular flexibility index (Phi) is 18.9. The minimum Gasteiger partial charge on any atom is -0.379 e. The number of unbranched alkanes of at least 4 members (excludes halogenated alkanes) is 14. The van der Waals surface area contributed by atoms with Crippen molar-refractivity contribution in [3.63, 3.8) is 0 Å². The van der Waals surface area contributed by atoms with Crippen LogP contribution >= 0.6 is 0 Å². The molecule has 1 saturated heterocycles. The zero-order valence-electron chi connectivity index (χ0n) is 21.2. The second-order valence-electron chi connectivity index (χ2n) is 9.75. The van der Waals surface area contributed by atoms with E-state index in [1.807, 2.05) is 0 Å². The van der Waals surface area contributed by atoms with Crippen LogP contribution in [0, 0.1) is 5.92 Å². The first-order chi connectivity index (χ1) is 15.5. The smallest absolute Gasteiger partial charge is 0.264 e. The van der Waals surface area contributed by atoms with Crippen molar-refractivity contribution in [3.05, 3.63) is 0 Å². The summed E-state index contributed by atoms with van der Waals surface area (Å²) in [6.07, 6.45) is 24.5. The highest BCUT2D eigenvalue weighted by Crippen LogP contribution is 2.25. The van der Waals surface area contributed by atoms with E-state index >= 15 is 0 Å². The molecule has 0 aromatic carbocycles. The summed E-state index contributed by atoms with van der Waals surface area (Å²) in [5, 5.41) is 0. The second kappa shape index (κ2) is 20.2. The monoisotopic (exact) mass is 476 g/mol. The summed E-state index contributed by atoms with van der Waals surface area (Å²) in [6, 6.07) is 0. The highest BCUT2D eigenvalue weighted by Gasteiger charge is 2.24. The fourth-order valence-corrected chi connectivity index (χ4v) is 4.88. The molecule has 0 aromatic heterocycles. The van der Waals surface area contributed by atoms with Gasteiger partial charge in [-0.1, -0.05) is 96.8 Å². The van der Waals surface area contributed by atoms with Crippen LogP contribution in [0.1, 0.15) is 122 Å². The average molecular weight is 477 g/mol. The largest absolute Gasteiger partial charge is 0.379 e. The predicted molar refractivity (Wildman–Crippen MR) is 134 cm³/mol. The van der Waals surface area contributed by atoms with Crippen LogP contribution in [0.4, 0.5) is 0 Å². The zero-order valence-corrected chi connectivity index (χ0v) is 22.0. The summed E-state index contributed by atoms with van der Waals surface area (Å²) in [7, 11) is -3.30. The van der Waals surface area contributed by atoms with E-state index in [1.165, 1.54) is 83.5 Å². The molecule has 1 heterocycles. The van der Waals surface area contributed by atoms with Crippen LogP contribution in [-0.4, -0.2) is 47.2 Å². The van der Waals surface area contributed by atoms with E-state index in [9.17, 15) is 8.42 Å². The first kappa shape index (κ1) is 29.9. The van der Waals surface area contributed by atoms with E-state index in [0.717, 1.165) is 57.5 Å². The lowest BCUT2D eigenvalue weighted by Crippen LogP contribution is -2.14. The van der Waals surface area contributed by atoms with Crippen molar-refractivity contribution in [2.75, 3.05) is 32.7 Å².